The third kappa shape index (κ3) is 1.48. The maximum absolute atomic E-state index is 9.89. The molecule has 0 aliphatic heterocycles. The zero-order valence-electron chi connectivity index (χ0n) is 11.6. The summed E-state index contributed by atoms with van der Waals surface area (Å²) < 4.78 is 0. The highest BCUT2D eigenvalue weighted by Crippen LogP contribution is 2.76. The molecule has 0 aromatic heterocycles. The smallest absolute Gasteiger partial charge is 0.0774 e. The van der Waals surface area contributed by atoms with Crippen molar-refractivity contribution in [2.75, 3.05) is 0 Å². The summed E-state index contributed by atoms with van der Waals surface area (Å²) in [4.78, 5) is 0. The van der Waals surface area contributed by atoms with E-state index in [1.807, 2.05) is 13.8 Å². The molecule has 0 saturated heterocycles. The maximum atomic E-state index is 9.89. The van der Waals surface area contributed by atoms with Gasteiger partial charge in [-0.2, -0.15) is 0 Å². The summed E-state index contributed by atoms with van der Waals surface area (Å²) >= 11 is 0. The summed E-state index contributed by atoms with van der Waals surface area (Å²) in [7, 11) is 0. The van der Waals surface area contributed by atoms with Crippen LogP contribution < -0.4 is 0 Å². The Labute approximate surface area is 99.9 Å². The van der Waals surface area contributed by atoms with Gasteiger partial charge in [-0.3, -0.25) is 0 Å². The van der Waals surface area contributed by atoms with Crippen LogP contribution in [0, 0.1) is 16.2 Å². The minimum atomic E-state index is -0.657. The minimum absolute atomic E-state index is 0.428. The van der Waals surface area contributed by atoms with Crippen LogP contribution in [0.15, 0.2) is 11.6 Å². The molecule has 0 heterocycles. The molecule has 2 unspecified atom stereocenters. The van der Waals surface area contributed by atoms with E-state index in [1.54, 1.807) is 0 Å². The molecule has 0 spiro atoms. The molecule has 2 aliphatic rings. The molecule has 1 nitrogen and oxygen atoms in total. The van der Waals surface area contributed by atoms with Crippen molar-refractivity contribution in [2.24, 2.45) is 16.2 Å². The van der Waals surface area contributed by atoms with Crippen LogP contribution in [0.1, 0.15) is 60.8 Å². The van der Waals surface area contributed by atoms with Crippen molar-refractivity contribution >= 4 is 0 Å². The molecule has 16 heavy (non-hydrogen) atoms. The normalized spacial score (nSPS) is 44.3. The molecule has 0 aromatic carbocycles. The first-order valence-electron chi connectivity index (χ1n) is 6.42. The van der Waals surface area contributed by atoms with Gasteiger partial charge in [0.15, 0.2) is 0 Å². The molecule has 1 N–H and O–H groups in total. The van der Waals surface area contributed by atoms with Crippen LogP contribution in [0.25, 0.3) is 0 Å². The van der Waals surface area contributed by atoms with Crippen LogP contribution >= 0.6 is 0 Å². The molecular formula is C15H26O. The lowest BCUT2D eigenvalue weighted by atomic mass is 9.40. The number of hydrogen-bond acceptors (Lipinski definition) is 1. The van der Waals surface area contributed by atoms with Crippen LogP contribution in [0.5, 0.6) is 0 Å². The molecule has 2 fully saturated rings. The zero-order chi connectivity index (χ0) is 12.4. The molecule has 0 radical (unpaired) electrons. The Morgan fingerprint density at radius 2 is 1.69 bits per heavy atom. The maximum Gasteiger partial charge on any atom is 0.0774 e. The van der Waals surface area contributed by atoms with Gasteiger partial charge in [0.05, 0.1) is 5.60 Å². The summed E-state index contributed by atoms with van der Waals surface area (Å²) in [6, 6.07) is 0. The van der Waals surface area contributed by atoms with Crippen LogP contribution in [0.2, 0.25) is 0 Å². The van der Waals surface area contributed by atoms with Gasteiger partial charge in [-0.25, -0.2) is 0 Å². The van der Waals surface area contributed by atoms with Crippen LogP contribution in [-0.2, 0) is 0 Å². The van der Waals surface area contributed by atoms with E-state index in [1.165, 1.54) is 24.8 Å². The highest BCUT2D eigenvalue weighted by Gasteiger charge is 2.67. The standard InChI is InChI=1S/C15H26O/c1-12(2)10-14(5)8-11(7-13(3,4)16)9-15(12,14)6/h7,16H,8-10H2,1-6H3/b11-7+. The van der Waals surface area contributed by atoms with Gasteiger partial charge < -0.3 is 5.11 Å². The number of aliphatic hydroxyl groups is 1. The molecule has 0 aromatic rings. The fourth-order valence-corrected chi connectivity index (χ4v) is 4.41. The predicted molar refractivity (Wildman–Crippen MR) is 68.2 cm³/mol. The number of hydrogen-bond donors (Lipinski definition) is 1. The van der Waals surface area contributed by atoms with E-state index in [4.69, 9.17) is 0 Å². The molecule has 2 atom stereocenters. The van der Waals surface area contributed by atoms with E-state index in [2.05, 4.69) is 33.8 Å². The SMILES string of the molecule is CC(C)(O)/C=C1\CC2(C)CC(C)(C)C2(C)C1. The fraction of sp³-hybridized carbons (Fsp3) is 0.867. The van der Waals surface area contributed by atoms with Crippen molar-refractivity contribution < 1.29 is 5.11 Å². The predicted octanol–water partition coefficient (Wildman–Crippen LogP) is 3.92. The average Bonchev–Trinajstić information content (AvgIpc) is 2.16. The van der Waals surface area contributed by atoms with Crippen molar-refractivity contribution in [1.82, 2.24) is 0 Å². The Bertz CT molecular complexity index is 345. The Kier molecular flexibility index (Phi) is 2.23. The van der Waals surface area contributed by atoms with Crippen LogP contribution in [0.3, 0.4) is 0 Å². The molecule has 0 amide bonds. The van der Waals surface area contributed by atoms with E-state index in [0.717, 1.165) is 0 Å². The molecule has 2 aliphatic carbocycles. The van der Waals surface area contributed by atoms with Crippen LogP contribution in [0.4, 0.5) is 0 Å². The van der Waals surface area contributed by atoms with Gasteiger partial charge >= 0.3 is 0 Å². The Morgan fingerprint density at radius 3 is 2.06 bits per heavy atom. The van der Waals surface area contributed by atoms with Gasteiger partial charge in [0.2, 0.25) is 0 Å². The lowest BCUT2D eigenvalue weighted by molar-refractivity contribution is -0.156. The van der Waals surface area contributed by atoms with Gasteiger partial charge in [0.1, 0.15) is 0 Å². The number of allylic oxidation sites excluding steroid dienone is 1. The highest BCUT2D eigenvalue weighted by atomic mass is 16.3. The van der Waals surface area contributed by atoms with Crippen molar-refractivity contribution in [3.8, 4) is 0 Å². The van der Waals surface area contributed by atoms with Gasteiger partial charge in [-0.1, -0.05) is 39.3 Å². The third-order valence-electron chi connectivity index (χ3n) is 5.41. The topological polar surface area (TPSA) is 20.2 Å². The summed E-state index contributed by atoms with van der Waals surface area (Å²) in [6.45, 7) is 13.4. The second-order valence-electron chi connectivity index (χ2n) is 7.76. The monoisotopic (exact) mass is 222 g/mol. The van der Waals surface area contributed by atoms with E-state index < -0.39 is 5.60 Å². The molecular weight excluding hydrogens is 196 g/mol. The van der Waals surface area contributed by atoms with Gasteiger partial charge in [0.25, 0.3) is 0 Å². The van der Waals surface area contributed by atoms with Crippen molar-refractivity contribution in [2.45, 2.75) is 66.4 Å². The van der Waals surface area contributed by atoms with E-state index in [0.29, 0.717) is 16.2 Å². The highest BCUT2D eigenvalue weighted by molar-refractivity contribution is 5.29. The van der Waals surface area contributed by atoms with Gasteiger partial charge in [-0.15, -0.1) is 0 Å². The molecule has 0 bridgehead atoms. The second-order valence-corrected chi connectivity index (χ2v) is 7.76. The summed E-state index contributed by atoms with van der Waals surface area (Å²) in [5, 5.41) is 9.89. The van der Waals surface area contributed by atoms with Gasteiger partial charge in [-0.05, 0) is 49.4 Å². The Hall–Kier alpha value is -0.300. The molecule has 92 valence electrons. The van der Waals surface area contributed by atoms with E-state index in [-0.39, 0.29) is 0 Å². The van der Waals surface area contributed by atoms with Crippen LogP contribution in [-0.4, -0.2) is 10.7 Å². The van der Waals surface area contributed by atoms with Crippen molar-refractivity contribution in [3.05, 3.63) is 11.6 Å². The first-order valence-corrected chi connectivity index (χ1v) is 6.42. The first-order chi connectivity index (χ1) is 6.99. The van der Waals surface area contributed by atoms with E-state index >= 15 is 0 Å². The number of rotatable bonds is 1. The van der Waals surface area contributed by atoms with Crippen molar-refractivity contribution in [3.63, 3.8) is 0 Å². The van der Waals surface area contributed by atoms with Crippen molar-refractivity contribution in [1.29, 1.82) is 0 Å². The summed E-state index contributed by atoms with van der Waals surface area (Å²) in [5.41, 5.74) is 2.15. The molecule has 1 heteroatoms. The summed E-state index contributed by atoms with van der Waals surface area (Å²) in [6.07, 6.45) is 5.75. The fourth-order valence-electron chi connectivity index (χ4n) is 4.41. The lowest BCUT2D eigenvalue weighted by Crippen LogP contribution is -2.57. The number of fused-ring (bicyclic) bond motifs is 1. The zero-order valence-corrected chi connectivity index (χ0v) is 11.6. The largest absolute Gasteiger partial charge is 0.386 e. The third-order valence-corrected chi connectivity index (χ3v) is 5.41. The Balaban J connectivity index is 2.28. The summed E-state index contributed by atoms with van der Waals surface area (Å²) in [5.74, 6) is 0. The molecule has 2 saturated carbocycles. The average molecular weight is 222 g/mol. The lowest BCUT2D eigenvalue weighted by Gasteiger charge is -2.64. The second kappa shape index (κ2) is 2.93. The van der Waals surface area contributed by atoms with Gasteiger partial charge in [0, 0.05) is 0 Å². The van der Waals surface area contributed by atoms with E-state index in [9.17, 15) is 5.11 Å². The molecule has 2 rings (SSSR count). The Morgan fingerprint density at radius 1 is 1.12 bits per heavy atom. The quantitative estimate of drug-likeness (QED) is 0.667. The first kappa shape index (κ1) is 12.2. The minimum Gasteiger partial charge on any atom is -0.386 e.